The molecule has 2 rings (SSSR count). The summed E-state index contributed by atoms with van der Waals surface area (Å²) in [5, 5.41) is 13.6. The molecule has 1 amide bonds. The number of carbonyl (C=O) groups excluding carboxylic acids is 1. The quantitative estimate of drug-likeness (QED) is 0.479. The number of sulfone groups is 1. The minimum Gasteiger partial charge on any atom is -0.393 e. The van der Waals surface area contributed by atoms with Crippen LogP contribution in [0.3, 0.4) is 0 Å². The third kappa shape index (κ3) is 3.53. The maximum atomic E-state index is 12.3. The van der Waals surface area contributed by atoms with Crippen LogP contribution in [0.25, 0.3) is 0 Å². The maximum Gasteiger partial charge on any atom is 0.293 e. The molecule has 0 bridgehead atoms. The predicted molar refractivity (Wildman–Crippen MR) is 81.4 cm³/mol. The Hall–Kier alpha value is -2.16. The molecule has 0 radical (unpaired) electrons. The van der Waals surface area contributed by atoms with Gasteiger partial charge in [0.1, 0.15) is 15.5 Å². The molecule has 120 valence electrons. The first kappa shape index (κ1) is 16.2. The van der Waals surface area contributed by atoms with Gasteiger partial charge in [0.05, 0.1) is 22.0 Å². The van der Waals surface area contributed by atoms with Crippen molar-refractivity contribution in [2.45, 2.75) is 25.8 Å². The Morgan fingerprint density at radius 2 is 1.95 bits per heavy atom. The minimum absolute atomic E-state index is 0.0292. The molecule has 1 heterocycles. The second-order valence-electron chi connectivity index (χ2n) is 5.40. The fraction of sp³-hybridized carbons (Fsp3) is 0.462. The number of anilines is 1. The number of nitrogens with one attached hydrogen (secondary N) is 1. The minimum atomic E-state index is -3.01. The van der Waals surface area contributed by atoms with E-state index in [-0.39, 0.29) is 34.5 Å². The number of nitrogens with two attached hydrogens (primary N) is 1. The van der Waals surface area contributed by atoms with Crippen molar-refractivity contribution in [3.05, 3.63) is 33.4 Å². The van der Waals surface area contributed by atoms with Crippen molar-refractivity contribution in [3.63, 3.8) is 0 Å². The molecular formula is C13H17N3O5S. The first-order valence-corrected chi connectivity index (χ1v) is 8.57. The molecule has 1 saturated heterocycles. The number of nitro benzene ring substituents is 1. The van der Waals surface area contributed by atoms with Gasteiger partial charge in [-0.2, -0.15) is 0 Å². The molecule has 0 spiro atoms. The van der Waals surface area contributed by atoms with E-state index in [1.807, 2.05) is 0 Å². The zero-order chi connectivity index (χ0) is 16.5. The molecule has 0 atom stereocenters. The highest BCUT2D eigenvalue weighted by Crippen LogP contribution is 2.27. The molecule has 0 aromatic heterocycles. The topological polar surface area (TPSA) is 132 Å². The van der Waals surface area contributed by atoms with Gasteiger partial charge in [-0.05, 0) is 31.4 Å². The molecule has 1 aliphatic rings. The number of nitrogens with zero attached hydrogens (tertiary/aromatic N) is 1. The molecule has 8 nitrogen and oxygen atoms in total. The molecule has 0 unspecified atom stereocenters. The van der Waals surface area contributed by atoms with Gasteiger partial charge in [0.25, 0.3) is 11.6 Å². The number of nitro groups is 1. The van der Waals surface area contributed by atoms with Crippen LogP contribution in [0.2, 0.25) is 0 Å². The van der Waals surface area contributed by atoms with E-state index in [1.165, 1.54) is 12.1 Å². The molecule has 0 aliphatic carbocycles. The van der Waals surface area contributed by atoms with Crippen LogP contribution in [0, 0.1) is 17.0 Å². The summed E-state index contributed by atoms with van der Waals surface area (Å²) in [5.74, 6) is -0.461. The number of rotatable bonds is 3. The molecule has 1 aromatic carbocycles. The number of nitrogen functional groups attached to an aromatic ring is 1. The van der Waals surface area contributed by atoms with Crippen molar-refractivity contribution < 1.29 is 18.1 Å². The summed E-state index contributed by atoms with van der Waals surface area (Å²) < 4.78 is 22.7. The van der Waals surface area contributed by atoms with Crippen molar-refractivity contribution in [3.8, 4) is 0 Å². The first-order valence-electron chi connectivity index (χ1n) is 6.75. The Balaban J connectivity index is 2.18. The van der Waals surface area contributed by atoms with Crippen molar-refractivity contribution in [1.82, 2.24) is 5.32 Å². The van der Waals surface area contributed by atoms with E-state index in [0.717, 1.165) is 0 Å². The van der Waals surface area contributed by atoms with Crippen molar-refractivity contribution in [2.24, 2.45) is 0 Å². The molecule has 9 heteroatoms. The summed E-state index contributed by atoms with van der Waals surface area (Å²) in [4.78, 5) is 22.6. The Bertz CT molecular complexity index is 715. The van der Waals surface area contributed by atoms with Gasteiger partial charge in [-0.1, -0.05) is 0 Å². The van der Waals surface area contributed by atoms with Crippen LogP contribution in [0.5, 0.6) is 0 Å². The van der Waals surface area contributed by atoms with Gasteiger partial charge in [-0.3, -0.25) is 14.9 Å². The fourth-order valence-corrected chi connectivity index (χ4v) is 3.91. The Kier molecular flexibility index (Phi) is 4.36. The predicted octanol–water partition coefficient (Wildman–Crippen LogP) is 0.792. The van der Waals surface area contributed by atoms with Gasteiger partial charge in [0, 0.05) is 12.1 Å². The van der Waals surface area contributed by atoms with Gasteiger partial charge < -0.3 is 11.1 Å². The summed E-state index contributed by atoms with van der Waals surface area (Å²) >= 11 is 0. The third-order valence-corrected chi connectivity index (χ3v) is 5.35. The van der Waals surface area contributed by atoms with Crippen molar-refractivity contribution in [2.75, 3.05) is 17.2 Å². The highest BCUT2D eigenvalue weighted by molar-refractivity contribution is 7.91. The second kappa shape index (κ2) is 5.91. The van der Waals surface area contributed by atoms with Gasteiger partial charge in [-0.25, -0.2) is 8.42 Å². The first-order chi connectivity index (χ1) is 10.2. The van der Waals surface area contributed by atoms with E-state index in [1.54, 1.807) is 6.92 Å². The third-order valence-electron chi connectivity index (χ3n) is 3.63. The average Bonchev–Trinajstić information content (AvgIpc) is 2.43. The highest BCUT2D eigenvalue weighted by Gasteiger charge is 2.27. The Morgan fingerprint density at radius 3 is 2.50 bits per heavy atom. The average molecular weight is 327 g/mol. The zero-order valence-corrected chi connectivity index (χ0v) is 12.9. The van der Waals surface area contributed by atoms with Gasteiger partial charge in [0.15, 0.2) is 0 Å². The summed E-state index contributed by atoms with van der Waals surface area (Å²) in [6, 6.07) is 2.52. The largest absolute Gasteiger partial charge is 0.393 e. The Labute approximate surface area is 127 Å². The van der Waals surface area contributed by atoms with Crippen LogP contribution >= 0.6 is 0 Å². The number of aryl methyl sites for hydroxylation is 1. The molecule has 1 aliphatic heterocycles. The summed E-state index contributed by atoms with van der Waals surface area (Å²) in [6.45, 7) is 1.64. The lowest BCUT2D eigenvalue weighted by molar-refractivity contribution is -0.384. The van der Waals surface area contributed by atoms with E-state index in [9.17, 15) is 23.3 Å². The molecule has 3 N–H and O–H groups in total. The van der Waals surface area contributed by atoms with E-state index >= 15 is 0 Å². The lowest BCUT2D eigenvalue weighted by Gasteiger charge is -2.23. The summed E-state index contributed by atoms with van der Waals surface area (Å²) in [7, 11) is -3.01. The monoisotopic (exact) mass is 327 g/mol. The zero-order valence-electron chi connectivity index (χ0n) is 12.0. The van der Waals surface area contributed by atoms with E-state index in [0.29, 0.717) is 18.4 Å². The lowest BCUT2D eigenvalue weighted by Crippen LogP contribution is -2.41. The molecule has 22 heavy (non-hydrogen) atoms. The maximum absolute atomic E-state index is 12.3. The van der Waals surface area contributed by atoms with E-state index in [2.05, 4.69) is 5.32 Å². The van der Waals surface area contributed by atoms with Crippen LogP contribution < -0.4 is 11.1 Å². The normalized spacial score (nSPS) is 17.9. The SMILES string of the molecule is Cc1cc(C(=O)NC2CCS(=O)(=O)CC2)c(N)c([N+](=O)[O-])c1. The lowest BCUT2D eigenvalue weighted by atomic mass is 10.1. The summed E-state index contributed by atoms with van der Waals surface area (Å²) in [6.07, 6.45) is 0.670. The van der Waals surface area contributed by atoms with Gasteiger partial charge >= 0.3 is 0 Å². The number of carbonyl (C=O) groups is 1. The molecular weight excluding hydrogens is 310 g/mol. The van der Waals surface area contributed by atoms with Crippen LogP contribution in [-0.2, 0) is 9.84 Å². The highest BCUT2D eigenvalue weighted by atomic mass is 32.2. The number of hydrogen-bond acceptors (Lipinski definition) is 6. The smallest absolute Gasteiger partial charge is 0.293 e. The van der Waals surface area contributed by atoms with Crippen molar-refractivity contribution in [1.29, 1.82) is 0 Å². The van der Waals surface area contributed by atoms with Crippen LogP contribution in [0.4, 0.5) is 11.4 Å². The van der Waals surface area contributed by atoms with E-state index in [4.69, 9.17) is 5.73 Å². The second-order valence-corrected chi connectivity index (χ2v) is 7.71. The number of hydrogen-bond donors (Lipinski definition) is 2. The van der Waals surface area contributed by atoms with Crippen LogP contribution in [0.15, 0.2) is 12.1 Å². The van der Waals surface area contributed by atoms with Crippen LogP contribution in [-0.4, -0.2) is 36.8 Å². The fourth-order valence-electron chi connectivity index (χ4n) is 2.41. The molecule has 0 saturated carbocycles. The number of benzene rings is 1. The standard InChI is InChI=1S/C13H17N3O5S/c1-8-6-10(12(14)11(7-8)16(18)19)13(17)15-9-2-4-22(20,21)5-3-9/h6-7,9H,2-5,14H2,1H3,(H,15,17). The van der Waals surface area contributed by atoms with E-state index < -0.39 is 20.7 Å². The Morgan fingerprint density at radius 1 is 1.36 bits per heavy atom. The van der Waals surface area contributed by atoms with Crippen LogP contribution in [0.1, 0.15) is 28.8 Å². The van der Waals surface area contributed by atoms with Crippen molar-refractivity contribution >= 4 is 27.1 Å². The van der Waals surface area contributed by atoms with Gasteiger partial charge in [0.2, 0.25) is 0 Å². The summed E-state index contributed by atoms with van der Waals surface area (Å²) in [5.41, 5.74) is 5.81. The number of amides is 1. The molecule has 1 fully saturated rings. The molecule has 1 aromatic rings. The van der Waals surface area contributed by atoms with Gasteiger partial charge in [-0.15, -0.1) is 0 Å².